The first kappa shape index (κ1) is 14.9. The number of hydrogen-bond acceptors (Lipinski definition) is 3. The van der Waals surface area contributed by atoms with Crippen LogP contribution in [0.5, 0.6) is 5.75 Å². The van der Waals surface area contributed by atoms with Gasteiger partial charge in [-0.25, -0.2) is 0 Å². The SMILES string of the molecule is CC(C)(C)NCc1occc1COc1cccc(Cl)c1. The maximum absolute atomic E-state index is 5.93. The first-order valence-electron chi connectivity index (χ1n) is 6.63. The molecule has 1 heterocycles. The molecular formula is C16H20ClNO2. The number of halogens is 1. The minimum absolute atomic E-state index is 0.0534. The highest BCUT2D eigenvalue weighted by Gasteiger charge is 2.12. The number of furan rings is 1. The van der Waals surface area contributed by atoms with Crippen LogP contribution in [-0.4, -0.2) is 5.54 Å². The third-order valence-corrected chi connectivity index (χ3v) is 3.04. The van der Waals surface area contributed by atoms with E-state index in [0.717, 1.165) is 17.1 Å². The average Bonchev–Trinajstić information content (AvgIpc) is 2.81. The Hall–Kier alpha value is -1.45. The van der Waals surface area contributed by atoms with Crippen molar-refractivity contribution in [2.24, 2.45) is 0 Å². The van der Waals surface area contributed by atoms with Crippen molar-refractivity contribution >= 4 is 11.6 Å². The van der Waals surface area contributed by atoms with Crippen LogP contribution in [0, 0.1) is 0 Å². The lowest BCUT2D eigenvalue weighted by molar-refractivity contribution is 0.299. The van der Waals surface area contributed by atoms with Crippen LogP contribution in [0.4, 0.5) is 0 Å². The second-order valence-electron chi connectivity index (χ2n) is 5.72. The van der Waals surface area contributed by atoms with Crippen molar-refractivity contribution in [2.45, 2.75) is 39.5 Å². The summed E-state index contributed by atoms with van der Waals surface area (Å²) in [5.74, 6) is 1.66. The fourth-order valence-corrected chi connectivity index (χ4v) is 1.89. The molecule has 4 heteroatoms. The molecule has 108 valence electrons. The molecule has 20 heavy (non-hydrogen) atoms. The standard InChI is InChI=1S/C16H20ClNO2/c1-16(2,3)18-10-15-12(7-8-19-15)11-20-14-6-4-5-13(17)9-14/h4-9,18H,10-11H2,1-3H3. The number of rotatable bonds is 5. The molecule has 0 aliphatic carbocycles. The Kier molecular flexibility index (Phi) is 4.73. The molecule has 0 unspecified atom stereocenters. The van der Waals surface area contributed by atoms with Gasteiger partial charge in [-0.1, -0.05) is 17.7 Å². The number of benzene rings is 1. The van der Waals surface area contributed by atoms with Crippen molar-refractivity contribution in [3.63, 3.8) is 0 Å². The van der Waals surface area contributed by atoms with Gasteiger partial charge in [0.05, 0.1) is 12.8 Å². The van der Waals surface area contributed by atoms with E-state index in [2.05, 4.69) is 26.1 Å². The zero-order valence-electron chi connectivity index (χ0n) is 12.1. The number of hydrogen-bond donors (Lipinski definition) is 1. The Balaban J connectivity index is 1.95. The Morgan fingerprint density at radius 2 is 2.05 bits per heavy atom. The van der Waals surface area contributed by atoms with Gasteiger partial charge in [-0.15, -0.1) is 0 Å². The first-order valence-corrected chi connectivity index (χ1v) is 7.00. The van der Waals surface area contributed by atoms with E-state index in [-0.39, 0.29) is 5.54 Å². The summed E-state index contributed by atoms with van der Waals surface area (Å²) >= 11 is 5.93. The van der Waals surface area contributed by atoms with Crippen LogP contribution < -0.4 is 10.1 Å². The zero-order chi connectivity index (χ0) is 14.6. The fraction of sp³-hybridized carbons (Fsp3) is 0.375. The van der Waals surface area contributed by atoms with Gasteiger partial charge in [0.25, 0.3) is 0 Å². The summed E-state index contributed by atoms with van der Waals surface area (Å²) in [5, 5.41) is 4.07. The van der Waals surface area contributed by atoms with Gasteiger partial charge in [0, 0.05) is 16.1 Å². The molecule has 0 saturated heterocycles. The van der Waals surface area contributed by atoms with Gasteiger partial charge in [0.2, 0.25) is 0 Å². The van der Waals surface area contributed by atoms with Gasteiger partial charge in [-0.05, 0) is 45.0 Å². The maximum atomic E-state index is 5.93. The lowest BCUT2D eigenvalue weighted by atomic mass is 10.1. The van der Waals surface area contributed by atoms with Crippen LogP contribution in [0.25, 0.3) is 0 Å². The van der Waals surface area contributed by atoms with Gasteiger partial charge in [0.1, 0.15) is 18.1 Å². The van der Waals surface area contributed by atoms with E-state index in [0.29, 0.717) is 18.2 Å². The van der Waals surface area contributed by atoms with E-state index < -0.39 is 0 Å². The highest BCUT2D eigenvalue weighted by atomic mass is 35.5. The zero-order valence-corrected chi connectivity index (χ0v) is 12.8. The molecule has 2 rings (SSSR count). The monoisotopic (exact) mass is 293 g/mol. The molecule has 1 aromatic heterocycles. The molecule has 0 amide bonds. The summed E-state index contributed by atoms with van der Waals surface area (Å²) in [6.45, 7) is 7.52. The van der Waals surface area contributed by atoms with E-state index in [1.807, 2.05) is 24.3 Å². The maximum Gasteiger partial charge on any atom is 0.124 e. The molecule has 1 aromatic carbocycles. The normalized spacial score (nSPS) is 11.6. The predicted molar refractivity (Wildman–Crippen MR) is 81.1 cm³/mol. The summed E-state index contributed by atoms with van der Waals surface area (Å²) < 4.78 is 11.2. The van der Waals surface area contributed by atoms with Crippen LogP contribution in [0.15, 0.2) is 41.0 Å². The summed E-state index contributed by atoms with van der Waals surface area (Å²) in [6, 6.07) is 9.32. The van der Waals surface area contributed by atoms with Gasteiger partial charge in [0.15, 0.2) is 0 Å². The lowest BCUT2D eigenvalue weighted by Gasteiger charge is -2.20. The van der Waals surface area contributed by atoms with Crippen molar-refractivity contribution < 1.29 is 9.15 Å². The molecular weight excluding hydrogens is 274 g/mol. The largest absolute Gasteiger partial charge is 0.489 e. The summed E-state index contributed by atoms with van der Waals surface area (Å²) in [4.78, 5) is 0. The summed E-state index contributed by atoms with van der Waals surface area (Å²) in [6.07, 6.45) is 1.69. The third kappa shape index (κ3) is 4.58. The second kappa shape index (κ2) is 6.33. The molecule has 2 aromatic rings. The third-order valence-electron chi connectivity index (χ3n) is 2.81. The Labute approximate surface area is 124 Å². The highest BCUT2D eigenvalue weighted by Crippen LogP contribution is 2.20. The molecule has 0 fully saturated rings. The minimum Gasteiger partial charge on any atom is -0.489 e. The number of ether oxygens (including phenoxy) is 1. The quantitative estimate of drug-likeness (QED) is 0.887. The average molecular weight is 294 g/mol. The first-order chi connectivity index (χ1) is 9.44. The Morgan fingerprint density at radius 3 is 2.75 bits per heavy atom. The van der Waals surface area contributed by atoms with Gasteiger partial charge < -0.3 is 14.5 Å². The van der Waals surface area contributed by atoms with E-state index in [4.69, 9.17) is 20.8 Å². The van der Waals surface area contributed by atoms with Crippen LogP contribution in [0.3, 0.4) is 0 Å². The molecule has 0 aliphatic rings. The van der Waals surface area contributed by atoms with Gasteiger partial charge in [-0.2, -0.15) is 0 Å². The fourth-order valence-electron chi connectivity index (χ4n) is 1.71. The van der Waals surface area contributed by atoms with Crippen LogP contribution in [0.1, 0.15) is 32.1 Å². The van der Waals surface area contributed by atoms with Crippen LogP contribution >= 0.6 is 11.6 Å². The number of nitrogens with one attached hydrogen (secondary N) is 1. The molecule has 1 N–H and O–H groups in total. The molecule has 3 nitrogen and oxygen atoms in total. The lowest BCUT2D eigenvalue weighted by Crippen LogP contribution is -2.35. The van der Waals surface area contributed by atoms with Gasteiger partial charge >= 0.3 is 0 Å². The van der Waals surface area contributed by atoms with Crippen molar-refractivity contribution in [1.29, 1.82) is 0 Å². The molecule has 0 bridgehead atoms. The van der Waals surface area contributed by atoms with Crippen molar-refractivity contribution in [2.75, 3.05) is 0 Å². The van der Waals surface area contributed by atoms with Crippen molar-refractivity contribution in [1.82, 2.24) is 5.32 Å². The molecule has 0 radical (unpaired) electrons. The van der Waals surface area contributed by atoms with E-state index >= 15 is 0 Å². The minimum atomic E-state index is 0.0534. The highest BCUT2D eigenvalue weighted by molar-refractivity contribution is 6.30. The van der Waals surface area contributed by atoms with Crippen molar-refractivity contribution in [3.05, 3.63) is 52.9 Å². The summed E-state index contributed by atoms with van der Waals surface area (Å²) in [7, 11) is 0. The summed E-state index contributed by atoms with van der Waals surface area (Å²) in [5.41, 5.74) is 1.10. The van der Waals surface area contributed by atoms with E-state index in [1.165, 1.54) is 0 Å². The Bertz CT molecular complexity index is 558. The molecule has 0 atom stereocenters. The van der Waals surface area contributed by atoms with Crippen LogP contribution in [-0.2, 0) is 13.2 Å². The smallest absolute Gasteiger partial charge is 0.124 e. The predicted octanol–water partition coefficient (Wildman–Crippen LogP) is 4.40. The van der Waals surface area contributed by atoms with Crippen LogP contribution in [0.2, 0.25) is 5.02 Å². The Morgan fingerprint density at radius 1 is 1.25 bits per heavy atom. The topological polar surface area (TPSA) is 34.4 Å². The molecule has 0 saturated carbocycles. The van der Waals surface area contributed by atoms with Gasteiger partial charge in [-0.3, -0.25) is 0 Å². The van der Waals surface area contributed by atoms with E-state index in [1.54, 1.807) is 12.3 Å². The van der Waals surface area contributed by atoms with Crippen molar-refractivity contribution in [3.8, 4) is 5.75 Å². The molecule has 0 aliphatic heterocycles. The van der Waals surface area contributed by atoms with E-state index in [9.17, 15) is 0 Å². The molecule has 0 spiro atoms. The second-order valence-corrected chi connectivity index (χ2v) is 6.16.